The predicted octanol–water partition coefficient (Wildman–Crippen LogP) is 4.34. The molecule has 1 aromatic heterocycles. The number of Topliss-reactive ketones (excluding diaryl/α,β-unsaturated/α-hetero) is 1. The third-order valence-electron chi connectivity index (χ3n) is 7.68. The molecule has 37 heavy (non-hydrogen) atoms. The number of piperidine rings is 1. The van der Waals surface area contributed by atoms with Gasteiger partial charge < -0.3 is 19.4 Å². The minimum absolute atomic E-state index is 0.0351. The summed E-state index contributed by atoms with van der Waals surface area (Å²) in [6.07, 6.45) is 6.17. The van der Waals surface area contributed by atoms with Crippen LogP contribution in [0.4, 0.5) is 0 Å². The monoisotopic (exact) mass is 501 g/mol. The lowest BCUT2D eigenvalue weighted by Crippen LogP contribution is -2.49. The molecule has 3 aliphatic rings. The molecular formula is C29H31N3O5. The van der Waals surface area contributed by atoms with Crippen molar-refractivity contribution in [2.24, 2.45) is 0 Å². The molecule has 6 rings (SSSR count). The Morgan fingerprint density at radius 2 is 1.89 bits per heavy atom. The molecule has 3 heterocycles. The summed E-state index contributed by atoms with van der Waals surface area (Å²) in [6.45, 7) is 6.04. The fourth-order valence-corrected chi connectivity index (χ4v) is 5.64. The number of nitrogens with one attached hydrogen (secondary N) is 2. The van der Waals surface area contributed by atoms with Crippen molar-refractivity contribution in [3.8, 4) is 11.5 Å². The number of hydrogen-bond donors (Lipinski definition) is 2. The van der Waals surface area contributed by atoms with Gasteiger partial charge in [-0.05, 0) is 75.7 Å². The lowest BCUT2D eigenvalue weighted by molar-refractivity contribution is 0.0187. The highest BCUT2D eigenvalue weighted by Gasteiger charge is 2.41. The number of hydrogen-bond acceptors (Lipinski definition) is 6. The first-order chi connectivity index (χ1) is 17.9. The Kier molecular flexibility index (Phi) is 5.79. The van der Waals surface area contributed by atoms with Gasteiger partial charge in [-0.3, -0.25) is 19.7 Å². The normalized spacial score (nSPS) is 18.4. The number of aryl methyl sites for hydroxylation is 1. The molecule has 2 N–H and O–H groups in total. The third-order valence-corrected chi connectivity index (χ3v) is 7.68. The molecule has 1 saturated heterocycles. The second-order valence-electron chi connectivity index (χ2n) is 10.4. The maximum Gasteiger partial charge on any atom is 0.258 e. The van der Waals surface area contributed by atoms with E-state index < -0.39 is 17.4 Å². The zero-order valence-corrected chi connectivity index (χ0v) is 21.2. The second-order valence-corrected chi connectivity index (χ2v) is 10.4. The molecular weight excluding hydrogens is 470 g/mol. The summed E-state index contributed by atoms with van der Waals surface area (Å²) in [7, 11) is 0. The Morgan fingerprint density at radius 3 is 2.62 bits per heavy atom. The number of ketones is 1. The van der Waals surface area contributed by atoms with Crippen molar-refractivity contribution < 1.29 is 23.9 Å². The van der Waals surface area contributed by atoms with Crippen LogP contribution in [-0.2, 0) is 0 Å². The standard InChI is InChI=1S/C29H31N3O5/c1-3-36-25-14-19(13-22-26(25)17(2)16-32(22)20-5-6-20)28(35)31-27(34)18-4-7-24-21(12-18)23(33)15-29(37-24)8-10-30-11-9-29/h4,7,12-14,16,20,30H,3,5-6,8-11,15H2,1-2H3,(H,31,34,35). The number of carbonyl (C=O) groups is 3. The highest BCUT2D eigenvalue weighted by Crippen LogP contribution is 2.42. The smallest absolute Gasteiger partial charge is 0.258 e. The van der Waals surface area contributed by atoms with E-state index in [-0.39, 0.29) is 11.3 Å². The van der Waals surface area contributed by atoms with Crippen LogP contribution in [0, 0.1) is 6.92 Å². The van der Waals surface area contributed by atoms with Crippen molar-refractivity contribution in [1.82, 2.24) is 15.2 Å². The maximum absolute atomic E-state index is 13.2. The number of fused-ring (bicyclic) bond motifs is 2. The molecule has 1 aliphatic carbocycles. The molecule has 0 unspecified atom stereocenters. The van der Waals surface area contributed by atoms with Gasteiger partial charge in [-0.2, -0.15) is 0 Å². The summed E-state index contributed by atoms with van der Waals surface area (Å²) < 4.78 is 14.3. The van der Waals surface area contributed by atoms with E-state index in [1.54, 1.807) is 18.2 Å². The Bertz CT molecular complexity index is 1430. The summed E-state index contributed by atoms with van der Waals surface area (Å²) in [4.78, 5) is 39.2. The summed E-state index contributed by atoms with van der Waals surface area (Å²) in [5, 5.41) is 6.79. The van der Waals surface area contributed by atoms with Gasteiger partial charge in [0.15, 0.2) is 5.78 Å². The lowest BCUT2D eigenvalue weighted by Gasteiger charge is -2.40. The van der Waals surface area contributed by atoms with Crippen molar-refractivity contribution in [2.75, 3.05) is 19.7 Å². The lowest BCUT2D eigenvalue weighted by atomic mass is 9.83. The third kappa shape index (κ3) is 4.29. The van der Waals surface area contributed by atoms with Gasteiger partial charge >= 0.3 is 0 Å². The van der Waals surface area contributed by atoms with Crippen molar-refractivity contribution in [1.29, 1.82) is 0 Å². The topological polar surface area (TPSA) is 98.7 Å². The van der Waals surface area contributed by atoms with Gasteiger partial charge in [0.1, 0.15) is 17.1 Å². The van der Waals surface area contributed by atoms with Crippen molar-refractivity contribution in [2.45, 2.75) is 57.6 Å². The van der Waals surface area contributed by atoms with Crippen LogP contribution >= 0.6 is 0 Å². The molecule has 192 valence electrons. The molecule has 3 aromatic rings. The van der Waals surface area contributed by atoms with Gasteiger partial charge in [-0.25, -0.2) is 0 Å². The summed E-state index contributed by atoms with van der Waals surface area (Å²) in [5.41, 5.74) is 2.56. The van der Waals surface area contributed by atoms with Gasteiger partial charge in [0.05, 0.1) is 24.1 Å². The van der Waals surface area contributed by atoms with Crippen LogP contribution in [0.2, 0.25) is 0 Å². The molecule has 2 amide bonds. The van der Waals surface area contributed by atoms with Crippen LogP contribution < -0.4 is 20.1 Å². The Morgan fingerprint density at radius 1 is 1.14 bits per heavy atom. The number of rotatable bonds is 5. The van der Waals surface area contributed by atoms with Crippen LogP contribution in [0.1, 0.15) is 81.7 Å². The van der Waals surface area contributed by atoms with Crippen LogP contribution in [0.3, 0.4) is 0 Å². The molecule has 2 aromatic carbocycles. The summed E-state index contributed by atoms with van der Waals surface area (Å²) >= 11 is 0. The summed E-state index contributed by atoms with van der Waals surface area (Å²) in [6, 6.07) is 8.76. The number of imide groups is 1. The molecule has 2 aliphatic heterocycles. The Labute approximate surface area is 215 Å². The van der Waals surface area contributed by atoms with Crippen LogP contribution in [0.15, 0.2) is 36.5 Å². The Balaban J connectivity index is 1.25. The first-order valence-electron chi connectivity index (χ1n) is 13.1. The van der Waals surface area contributed by atoms with Gasteiger partial charge in [0.25, 0.3) is 11.8 Å². The van der Waals surface area contributed by atoms with Crippen molar-refractivity contribution >= 4 is 28.5 Å². The van der Waals surface area contributed by atoms with E-state index in [0.717, 1.165) is 55.2 Å². The van der Waals surface area contributed by atoms with E-state index in [9.17, 15) is 14.4 Å². The van der Waals surface area contributed by atoms with Crippen LogP contribution in [0.25, 0.3) is 10.9 Å². The van der Waals surface area contributed by atoms with Crippen molar-refractivity contribution in [3.63, 3.8) is 0 Å². The number of carbonyl (C=O) groups excluding carboxylic acids is 3. The predicted molar refractivity (Wildman–Crippen MR) is 139 cm³/mol. The number of benzene rings is 2. The zero-order chi connectivity index (χ0) is 25.7. The molecule has 0 radical (unpaired) electrons. The highest BCUT2D eigenvalue weighted by atomic mass is 16.5. The molecule has 2 fully saturated rings. The van der Waals surface area contributed by atoms with E-state index in [1.807, 2.05) is 19.9 Å². The molecule has 8 nitrogen and oxygen atoms in total. The van der Waals surface area contributed by atoms with Gasteiger partial charge in [0.2, 0.25) is 0 Å². The van der Waals surface area contributed by atoms with Crippen molar-refractivity contribution in [3.05, 3.63) is 58.8 Å². The number of nitrogens with zero attached hydrogens (tertiary/aromatic N) is 1. The van der Waals surface area contributed by atoms with E-state index in [1.165, 1.54) is 6.07 Å². The molecule has 1 spiro atoms. The average molecular weight is 502 g/mol. The number of amides is 2. The first-order valence-corrected chi connectivity index (χ1v) is 13.1. The molecule has 0 atom stereocenters. The van der Waals surface area contributed by atoms with E-state index in [0.29, 0.717) is 41.7 Å². The second kappa shape index (κ2) is 9.03. The average Bonchev–Trinajstić information content (AvgIpc) is 3.67. The fraction of sp³-hybridized carbons (Fsp3) is 0.414. The minimum Gasteiger partial charge on any atom is -0.493 e. The Hall–Kier alpha value is -3.65. The van der Waals surface area contributed by atoms with E-state index >= 15 is 0 Å². The fourth-order valence-electron chi connectivity index (χ4n) is 5.64. The minimum atomic E-state index is -0.561. The highest BCUT2D eigenvalue weighted by molar-refractivity contribution is 6.13. The van der Waals surface area contributed by atoms with Crippen LogP contribution in [-0.4, -0.2) is 47.5 Å². The number of ether oxygens (including phenoxy) is 2. The largest absolute Gasteiger partial charge is 0.493 e. The quantitative estimate of drug-likeness (QED) is 0.505. The molecule has 1 saturated carbocycles. The van der Waals surface area contributed by atoms with Gasteiger partial charge in [0, 0.05) is 41.6 Å². The molecule has 8 heteroatoms. The zero-order valence-electron chi connectivity index (χ0n) is 21.2. The van der Waals surface area contributed by atoms with E-state index in [4.69, 9.17) is 9.47 Å². The summed E-state index contributed by atoms with van der Waals surface area (Å²) in [5.74, 6) is 0.0339. The first kappa shape index (κ1) is 23.7. The van der Waals surface area contributed by atoms with Gasteiger partial charge in [-0.15, -0.1) is 0 Å². The number of aromatic nitrogens is 1. The van der Waals surface area contributed by atoms with Crippen LogP contribution in [0.5, 0.6) is 11.5 Å². The van der Waals surface area contributed by atoms with Gasteiger partial charge in [-0.1, -0.05) is 0 Å². The van der Waals surface area contributed by atoms with E-state index in [2.05, 4.69) is 21.4 Å². The maximum atomic E-state index is 13.2. The molecule has 0 bridgehead atoms. The SMILES string of the molecule is CCOc1cc(C(=O)NC(=O)c2ccc3c(c2)C(=O)CC2(CCNCC2)O3)cc2c1c(C)cn2C1CC1.